The molecule has 1 heterocycles. The van der Waals surface area contributed by atoms with Crippen molar-refractivity contribution in [2.24, 2.45) is 5.92 Å². The lowest BCUT2D eigenvalue weighted by Crippen LogP contribution is -2.51. The maximum Gasteiger partial charge on any atom is 0.321 e. The van der Waals surface area contributed by atoms with Crippen LogP contribution in [-0.2, 0) is 0 Å². The van der Waals surface area contributed by atoms with Gasteiger partial charge in [-0.05, 0) is 24.1 Å². The maximum atomic E-state index is 12.0. The minimum Gasteiger partial charge on any atom is -0.368 e. The standard InChI is InChI=1S/C16H22ClN3O/c1-13(2)6-7-18-16(21)20-10-8-19(9-11-20)15-5-3-4-14(17)12-15/h3-7,12-13H,8-11H2,1-2H3,(H,18,21)/b7-6+. The van der Waals surface area contributed by atoms with Gasteiger partial charge in [0.15, 0.2) is 0 Å². The number of piperazine rings is 1. The lowest BCUT2D eigenvalue weighted by atomic mass is 10.2. The van der Waals surface area contributed by atoms with Gasteiger partial charge in [0, 0.05) is 43.1 Å². The molecule has 5 heteroatoms. The zero-order valence-corrected chi connectivity index (χ0v) is 13.3. The molecule has 2 amide bonds. The number of nitrogens with zero attached hydrogens (tertiary/aromatic N) is 2. The molecule has 1 aliphatic rings. The second-order valence-corrected chi connectivity index (χ2v) is 5.94. The van der Waals surface area contributed by atoms with Crippen LogP contribution in [-0.4, -0.2) is 37.1 Å². The molecule has 4 nitrogen and oxygen atoms in total. The molecule has 21 heavy (non-hydrogen) atoms. The monoisotopic (exact) mass is 307 g/mol. The van der Waals surface area contributed by atoms with E-state index in [1.54, 1.807) is 6.20 Å². The van der Waals surface area contributed by atoms with Crippen molar-refractivity contribution < 1.29 is 4.79 Å². The van der Waals surface area contributed by atoms with E-state index < -0.39 is 0 Å². The van der Waals surface area contributed by atoms with E-state index >= 15 is 0 Å². The fraction of sp³-hybridized carbons (Fsp3) is 0.438. The fourth-order valence-electron chi connectivity index (χ4n) is 2.24. The number of benzene rings is 1. The van der Waals surface area contributed by atoms with Crippen LogP contribution in [0.1, 0.15) is 13.8 Å². The summed E-state index contributed by atoms with van der Waals surface area (Å²) in [7, 11) is 0. The number of allylic oxidation sites excluding steroid dienone is 1. The third kappa shape index (κ3) is 4.67. The SMILES string of the molecule is CC(C)/C=C/NC(=O)N1CCN(c2cccc(Cl)c2)CC1. The van der Waals surface area contributed by atoms with Crippen LogP contribution >= 0.6 is 11.6 Å². The Hall–Kier alpha value is -1.68. The minimum absolute atomic E-state index is 0.0300. The van der Waals surface area contributed by atoms with Crippen molar-refractivity contribution in [3.63, 3.8) is 0 Å². The summed E-state index contributed by atoms with van der Waals surface area (Å²) in [6.45, 7) is 7.23. The highest BCUT2D eigenvalue weighted by Crippen LogP contribution is 2.20. The van der Waals surface area contributed by atoms with E-state index in [4.69, 9.17) is 11.6 Å². The molecular formula is C16H22ClN3O. The molecule has 1 aromatic carbocycles. The van der Waals surface area contributed by atoms with E-state index in [2.05, 4.69) is 24.1 Å². The molecule has 0 aromatic heterocycles. The predicted molar refractivity (Wildman–Crippen MR) is 87.7 cm³/mol. The van der Waals surface area contributed by atoms with Crippen LogP contribution < -0.4 is 10.2 Å². The molecule has 1 N–H and O–H groups in total. The highest BCUT2D eigenvalue weighted by atomic mass is 35.5. The zero-order chi connectivity index (χ0) is 15.2. The summed E-state index contributed by atoms with van der Waals surface area (Å²) in [5, 5.41) is 3.56. The Kier molecular flexibility index (Phi) is 5.51. The molecule has 0 spiro atoms. The van der Waals surface area contributed by atoms with Gasteiger partial charge < -0.3 is 15.1 Å². The Morgan fingerprint density at radius 2 is 2.00 bits per heavy atom. The van der Waals surface area contributed by atoms with Gasteiger partial charge in [0.05, 0.1) is 0 Å². The molecule has 0 saturated carbocycles. The van der Waals surface area contributed by atoms with Gasteiger partial charge in [-0.25, -0.2) is 4.79 Å². The number of nitrogens with one attached hydrogen (secondary N) is 1. The number of hydrogen-bond donors (Lipinski definition) is 1. The first kappa shape index (κ1) is 15.7. The van der Waals surface area contributed by atoms with Gasteiger partial charge >= 0.3 is 6.03 Å². The first-order valence-corrected chi connectivity index (χ1v) is 7.66. The van der Waals surface area contributed by atoms with Crippen molar-refractivity contribution in [3.05, 3.63) is 41.6 Å². The highest BCUT2D eigenvalue weighted by molar-refractivity contribution is 6.30. The second kappa shape index (κ2) is 7.36. The molecule has 0 unspecified atom stereocenters. The van der Waals surface area contributed by atoms with E-state index in [-0.39, 0.29) is 6.03 Å². The summed E-state index contributed by atoms with van der Waals surface area (Å²) in [6.07, 6.45) is 3.70. The van der Waals surface area contributed by atoms with Crippen molar-refractivity contribution in [2.45, 2.75) is 13.8 Å². The number of urea groups is 1. The molecule has 114 valence electrons. The van der Waals surface area contributed by atoms with Gasteiger partial charge in [-0.3, -0.25) is 0 Å². The Bertz CT molecular complexity index is 508. The summed E-state index contributed by atoms with van der Waals surface area (Å²) in [5.41, 5.74) is 1.11. The number of hydrogen-bond acceptors (Lipinski definition) is 2. The van der Waals surface area contributed by atoms with Gasteiger partial charge in [-0.1, -0.05) is 37.6 Å². The Labute approximate surface area is 131 Å². The largest absolute Gasteiger partial charge is 0.368 e. The zero-order valence-electron chi connectivity index (χ0n) is 12.6. The molecule has 0 atom stereocenters. The average Bonchev–Trinajstić information content (AvgIpc) is 2.47. The predicted octanol–water partition coefficient (Wildman–Crippen LogP) is 3.34. The topological polar surface area (TPSA) is 35.6 Å². The van der Waals surface area contributed by atoms with E-state index in [9.17, 15) is 4.79 Å². The van der Waals surface area contributed by atoms with Crippen molar-refractivity contribution in [2.75, 3.05) is 31.1 Å². The van der Waals surface area contributed by atoms with Gasteiger partial charge in [-0.15, -0.1) is 0 Å². The van der Waals surface area contributed by atoms with Crippen LogP contribution in [0.25, 0.3) is 0 Å². The summed E-state index contributed by atoms with van der Waals surface area (Å²) in [4.78, 5) is 16.1. The number of anilines is 1. The number of carbonyl (C=O) groups excluding carboxylic acids is 1. The van der Waals surface area contributed by atoms with Gasteiger partial charge in [-0.2, -0.15) is 0 Å². The Balaban J connectivity index is 1.84. The Morgan fingerprint density at radius 3 is 2.62 bits per heavy atom. The summed E-state index contributed by atoms with van der Waals surface area (Å²) in [6, 6.07) is 7.80. The summed E-state index contributed by atoms with van der Waals surface area (Å²) >= 11 is 6.02. The molecule has 0 aliphatic carbocycles. The highest BCUT2D eigenvalue weighted by Gasteiger charge is 2.20. The fourth-order valence-corrected chi connectivity index (χ4v) is 2.43. The second-order valence-electron chi connectivity index (χ2n) is 5.51. The Morgan fingerprint density at radius 1 is 1.29 bits per heavy atom. The minimum atomic E-state index is -0.0300. The summed E-state index contributed by atoms with van der Waals surface area (Å²) in [5.74, 6) is 0.435. The van der Waals surface area contributed by atoms with E-state index in [1.807, 2.05) is 35.2 Å². The number of rotatable bonds is 3. The third-order valence-electron chi connectivity index (χ3n) is 3.43. The van der Waals surface area contributed by atoms with E-state index in [1.165, 1.54) is 0 Å². The number of amides is 2. The first-order chi connectivity index (χ1) is 10.1. The molecule has 1 aromatic rings. The van der Waals surface area contributed by atoms with E-state index in [0.717, 1.165) is 23.8 Å². The van der Waals surface area contributed by atoms with Crippen LogP contribution in [0.2, 0.25) is 5.02 Å². The molecule has 1 fully saturated rings. The molecule has 1 saturated heterocycles. The van der Waals surface area contributed by atoms with E-state index in [0.29, 0.717) is 19.0 Å². The quantitative estimate of drug-likeness (QED) is 0.929. The molecule has 0 bridgehead atoms. The first-order valence-electron chi connectivity index (χ1n) is 7.29. The average molecular weight is 308 g/mol. The maximum absolute atomic E-state index is 12.0. The van der Waals surface area contributed by atoms with Crippen LogP contribution in [0.15, 0.2) is 36.5 Å². The summed E-state index contributed by atoms with van der Waals surface area (Å²) < 4.78 is 0. The molecule has 0 radical (unpaired) electrons. The lowest BCUT2D eigenvalue weighted by Gasteiger charge is -2.35. The molecule has 2 rings (SSSR count). The van der Waals surface area contributed by atoms with Gasteiger partial charge in [0.2, 0.25) is 0 Å². The number of carbonyl (C=O) groups is 1. The lowest BCUT2D eigenvalue weighted by molar-refractivity contribution is 0.198. The van der Waals surface area contributed by atoms with Crippen LogP contribution in [0.3, 0.4) is 0 Å². The van der Waals surface area contributed by atoms with Crippen LogP contribution in [0.4, 0.5) is 10.5 Å². The van der Waals surface area contributed by atoms with Crippen molar-refractivity contribution in [1.29, 1.82) is 0 Å². The van der Waals surface area contributed by atoms with Crippen molar-refractivity contribution >= 4 is 23.3 Å². The van der Waals surface area contributed by atoms with Gasteiger partial charge in [0.1, 0.15) is 0 Å². The van der Waals surface area contributed by atoms with Crippen LogP contribution in [0, 0.1) is 5.92 Å². The third-order valence-corrected chi connectivity index (χ3v) is 3.66. The van der Waals surface area contributed by atoms with Gasteiger partial charge in [0.25, 0.3) is 0 Å². The van der Waals surface area contributed by atoms with Crippen LogP contribution in [0.5, 0.6) is 0 Å². The molecular weight excluding hydrogens is 286 g/mol. The van der Waals surface area contributed by atoms with Crippen molar-refractivity contribution in [3.8, 4) is 0 Å². The molecule has 1 aliphatic heterocycles. The normalized spacial score (nSPS) is 15.8. The van der Waals surface area contributed by atoms with Crippen molar-refractivity contribution in [1.82, 2.24) is 10.2 Å². The number of halogens is 1. The smallest absolute Gasteiger partial charge is 0.321 e.